The maximum Gasteiger partial charge on any atom is 0.125 e. The van der Waals surface area contributed by atoms with Gasteiger partial charge in [0.25, 0.3) is 0 Å². The SMILES string of the molecule is CCN(C)Cc1ccc(F)cc1N. The van der Waals surface area contributed by atoms with Gasteiger partial charge in [0.05, 0.1) is 0 Å². The molecule has 0 aromatic heterocycles. The quantitative estimate of drug-likeness (QED) is 0.723. The fourth-order valence-corrected chi connectivity index (χ4v) is 1.11. The molecule has 2 N–H and O–H groups in total. The van der Waals surface area contributed by atoms with E-state index in [0.717, 1.165) is 18.7 Å². The van der Waals surface area contributed by atoms with Crippen LogP contribution in [0, 0.1) is 5.82 Å². The van der Waals surface area contributed by atoms with Crippen molar-refractivity contribution in [3.63, 3.8) is 0 Å². The van der Waals surface area contributed by atoms with E-state index in [2.05, 4.69) is 11.8 Å². The van der Waals surface area contributed by atoms with Gasteiger partial charge in [-0.15, -0.1) is 0 Å². The molecule has 0 aliphatic heterocycles. The van der Waals surface area contributed by atoms with Crippen LogP contribution in [-0.4, -0.2) is 18.5 Å². The van der Waals surface area contributed by atoms with Crippen molar-refractivity contribution >= 4 is 5.69 Å². The molecular weight excluding hydrogens is 167 g/mol. The molecule has 2 nitrogen and oxygen atoms in total. The number of halogens is 1. The van der Waals surface area contributed by atoms with Crippen molar-refractivity contribution in [2.45, 2.75) is 13.5 Å². The Hall–Kier alpha value is -1.09. The molecule has 0 saturated carbocycles. The molecule has 0 aliphatic rings. The van der Waals surface area contributed by atoms with Gasteiger partial charge in [-0.2, -0.15) is 0 Å². The molecule has 72 valence electrons. The summed E-state index contributed by atoms with van der Waals surface area (Å²) in [5.41, 5.74) is 7.16. The van der Waals surface area contributed by atoms with Gasteiger partial charge in [-0.1, -0.05) is 13.0 Å². The third-order valence-corrected chi connectivity index (χ3v) is 2.09. The third-order valence-electron chi connectivity index (χ3n) is 2.09. The first-order valence-corrected chi connectivity index (χ1v) is 4.36. The van der Waals surface area contributed by atoms with Crippen molar-refractivity contribution in [3.05, 3.63) is 29.6 Å². The summed E-state index contributed by atoms with van der Waals surface area (Å²) in [4.78, 5) is 2.11. The summed E-state index contributed by atoms with van der Waals surface area (Å²) in [5, 5.41) is 0. The van der Waals surface area contributed by atoms with E-state index in [0.29, 0.717) is 5.69 Å². The second-order valence-corrected chi connectivity index (χ2v) is 3.17. The lowest BCUT2D eigenvalue weighted by molar-refractivity contribution is 0.346. The summed E-state index contributed by atoms with van der Waals surface area (Å²) in [6.45, 7) is 3.79. The Balaban J connectivity index is 2.77. The van der Waals surface area contributed by atoms with Gasteiger partial charge in [-0.05, 0) is 31.3 Å². The number of nitrogen functional groups attached to an aromatic ring is 1. The van der Waals surface area contributed by atoms with Gasteiger partial charge in [0.1, 0.15) is 5.82 Å². The molecule has 0 amide bonds. The van der Waals surface area contributed by atoms with Gasteiger partial charge in [-0.3, -0.25) is 0 Å². The average molecular weight is 182 g/mol. The average Bonchev–Trinajstić information content (AvgIpc) is 2.09. The molecule has 3 heteroatoms. The largest absolute Gasteiger partial charge is 0.398 e. The van der Waals surface area contributed by atoms with E-state index < -0.39 is 0 Å². The van der Waals surface area contributed by atoms with Crippen molar-refractivity contribution in [2.24, 2.45) is 0 Å². The Kier molecular flexibility index (Phi) is 3.25. The molecule has 0 bridgehead atoms. The van der Waals surface area contributed by atoms with Crippen LogP contribution in [0.25, 0.3) is 0 Å². The molecule has 0 radical (unpaired) electrons. The minimum Gasteiger partial charge on any atom is -0.398 e. The predicted molar refractivity (Wildman–Crippen MR) is 52.8 cm³/mol. The van der Waals surface area contributed by atoms with Crippen LogP contribution in [0.2, 0.25) is 0 Å². The van der Waals surface area contributed by atoms with E-state index >= 15 is 0 Å². The highest BCUT2D eigenvalue weighted by Gasteiger charge is 2.02. The Morgan fingerprint density at radius 2 is 2.15 bits per heavy atom. The van der Waals surface area contributed by atoms with E-state index in [1.54, 1.807) is 6.07 Å². The van der Waals surface area contributed by atoms with Gasteiger partial charge in [0.15, 0.2) is 0 Å². The summed E-state index contributed by atoms with van der Waals surface area (Å²) >= 11 is 0. The number of hydrogen-bond acceptors (Lipinski definition) is 2. The van der Waals surface area contributed by atoms with Crippen molar-refractivity contribution in [1.29, 1.82) is 0 Å². The third kappa shape index (κ3) is 2.70. The van der Waals surface area contributed by atoms with Gasteiger partial charge >= 0.3 is 0 Å². The molecule has 1 aromatic rings. The van der Waals surface area contributed by atoms with Crippen molar-refractivity contribution < 1.29 is 4.39 Å². The zero-order chi connectivity index (χ0) is 9.84. The van der Waals surface area contributed by atoms with Gasteiger partial charge in [0, 0.05) is 12.2 Å². The molecule has 0 saturated heterocycles. The zero-order valence-electron chi connectivity index (χ0n) is 8.05. The lowest BCUT2D eigenvalue weighted by atomic mass is 10.1. The van der Waals surface area contributed by atoms with Crippen LogP contribution < -0.4 is 5.73 Å². The lowest BCUT2D eigenvalue weighted by Crippen LogP contribution is -2.17. The van der Waals surface area contributed by atoms with Gasteiger partial charge in [0.2, 0.25) is 0 Å². The Labute approximate surface area is 78.2 Å². The molecule has 0 aliphatic carbocycles. The normalized spacial score (nSPS) is 10.8. The minimum atomic E-state index is -0.277. The second-order valence-electron chi connectivity index (χ2n) is 3.17. The van der Waals surface area contributed by atoms with E-state index in [1.807, 2.05) is 7.05 Å². The first kappa shape index (κ1) is 9.99. The van der Waals surface area contributed by atoms with Crippen LogP contribution in [0.3, 0.4) is 0 Å². The summed E-state index contributed by atoms with van der Waals surface area (Å²) in [6.07, 6.45) is 0. The fraction of sp³-hybridized carbons (Fsp3) is 0.400. The minimum absolute atomic E-state index is 0.277. The molecule has 1 aromatic carbocycles. The van der Waals surface area contributed by atoms with Crippen LogP contribution in [0.1, 0.15) is 12.5 Å². The van der Waals surface area contributed by atoms with Crippen LogP contribution in [-0.2, 0) is 6.54 Å². The van der Waals surface area contributed by atoms with Crippen molar-refractivity contribution in [2.75, 3.05) is 19.3 Å². The van der Waals surface area contributed by atoms with E-state index in [4.69, 9.17) is 5.73 Å². The van der Waals surface area contributed by atoms with Crippen molar-refractivity contribution in [1.82, 2.24) is 4.90 Å². The molecule has 0 heterocycles. The van der Waals surface area contributed by atoms with Crippen LogP contribution in [0.5, 0.6) is 0 Å². The maximum absolute atomic E-state index is 12.7. The first-order valence-electron chi connectivity index (χ1n) is 4.36. The topological polar surface area (TPSA) is 29.3 Å². The van der Waals surface area contributed by atoms with Crippen molar-refractivity contribution in [3.8, 4) is 0 Å². The lowest BCUT2D eigenvalue weighted by Gasteiger charge is -2.15. The molecule has 0 spiro atoms. The molecule has 13 heavy (non-hydrogen) atoms. The molecule has 0 unspecified atom stereocenters. The summed E-state index contributed by atoms with van der Waals surface area (Å²) in [5.74, 6) is -0.277. The summed E-state index contributed by atoms with van der Waals surface area (Å²) < 4.78 is 12.7. The number of nitrogens with two attached hydrogens (primary N) is 1. The summed E-state index contributed by atoms with van der Waals surface area (Å²) in [7, 11) is 2.00. The van der Waals surface area contributed by atoms with Gasteiger partial charge in [-0.25, -0.2) is 4.39 Å². The Morgan fingerprint density at radius 3 is 2.69 bits per heavy atom. The standard InChI is InChI=1S/C10H15FN2/c1-3-13(2)7-8-4-5-9(11)6-10(8)12/h4-6H,3,7,12H2,1-2H3. The number of rotatable bonds is 3. The number of benzene rings is 1. The fourth-order valence-electron chi connectivity index (χ4n) is 1.11. The smallest absolute Gasteiger partial charge is 0.125 e. The molecule has 0 fully saturated rings. The number of hydrogen-bond donors (Lipinski definition) is 1. The predicted octanol–water partition coefficient (Wildman–Crippen LogP) is 1.86. The Morgan fingerprint density at radius 1 is 1.46 bits per heavy atom. The van der Waals surface area contributed by atoms with Crippen LogP contribution in [0.15, 0.2) is 18.2 Å². The first-order chi connectivity index (χ1) is 6.13. The maximum atomic E-state index is 12.7. The number of nitrogens with zero attached hydrogens (tertiary/aromatic N) is 1. The van der Waals surface area contributed by atoms with E-state index in [-0.39, 0.29) is 5.82 Å². The summed E-state index contributed by atoms with van der Waals surface area (Å²) in [6, 6.07) is 4.53. The van der Waals surface area contributed by atoms with Crippen LogP contribution >= 0.6 is 0 Å². The number of anilines is 1. The van der Waals surface area contributed by atoms with E-state index in [1.165, 1.54) is 12.1 Å². The Bertz CT molecular complexity index is 286. The molecule has 1 rings (SSSR count). The highest BCUT2D eigenvalue weighted by molar-refractivity contribution is 5.46. The highest BCUT2D eigenvalue weighted by Crippen LogP contribution is 2.14. The molecular formula is C10H15FN2. The second kappa shape index (κ2) is 4.23. The molecule has 0 atom stereocenters. The zero-order valence-corrected chi connectivity index (χ0v) is 8.05. The monoisotopic (exact) mass is 182 g/mol. The highest BCUT2D eigenvalue weighted by atomic mass is 19.1. The van der Waals surface area contributed by atoms with E-state index in [9.17, 15) is 4.39 Å². The van der Waals surface area contributed by atoms with Crippen LogP contribution in [0.4, 0.5) is 10.1 Å². The van der Waals surface area contributed by atoms with Gasteiger partial charge < -0.3 is 10.6 Å².